The molecule has 1 fully saturated rings. The maximum Gasteiger partial charge on any atom is 0.176 e. The average Bonchev–Trinajstić information content (AvgIpc) is 2.95. The Kier molecular flexibility index (Phi) is 4.69. The van der Waals surface area contributed by atoms with Gasteiger partial charge in [-0.25, -0.2) is 0 Å². The van der Waals surface area contributed by atoms with Gasteiger partial charge in [-0.05, 0) is 51.7 Å². The van der Waals surface area contributed by atoms with Gasteiger partial charge in [-0.3, -0.25) is 0 Å². The molecule has 1 aliphatic carbocycles. The highest BCUT2D eigenvalue weighted by Crippen LogP contribution is 2.32. The molecule has 120 valence electrons. The molecule has 2 N–H and O–H groups in total. The van der Waals surface area contributed by atoms with Gasteiger partial charge in [-0.15, -0.1) is 0 Å². The summed E-state index contributed by atoms with van der Waals surface area (Å²) in [6.45, 7) is 4.74. The van der Waals surface area contributed by atoms with Crippen molar-refractivity contribution >= 4 is 11.0 Å². The first-order valence-corrected chi connectivity index (χ1v) is 8.26. The highest BCUT2D eigenvalue weighted by molar-refractivity contribution is 5.83. The minimum Gasteiger partial charge on any atom is -0.490 e. The smallest absolute Gasteiger partial charge is 0.176 e. The summed E-state index contributed by atoms with van der Waals surface area (Å²) in [5.41, 5.74) is 0.826. The van der Waals surface area contributed by atoms with Gasteiger partial charge in [-0.2, -0.15) is 0 Å². The van der Waals surface area contributed by atoms with E-state index < -0.39 is 0 Å². The Hall–Kier alpha value is -1.52. The average molecular weight is 303 g/mol. The van der Waals surface area contributed by atoms with Crippen LogP contribution < -0.4 is 10.1 Å². The molecule has 1 aromatic carbocycles. The molecule has 0 radical (unpaired) electrons. The number of nitrogens with one attached hydrogen (secondary N) is 1. The van der Waals surface area contributed by atoms with E-state index in [-0.39, 0.29) is 12.1 Å². The van der Waals surface area contributed by atoms with Gasteiger partial charge in [0.15, 0.2) is 11.3 Å². The van der Waals surface area contributed by atoms with Crippen molar-refractivity contribution < 1.29 is 14.3 Å². The first-order valence-electron chi connectivity index (χ1n) is 8.26. The summed E-state index contributed by atoms with van der Waals surface area (Å²) in [7, 11) is 0. The van der Waals surface area contributed by atoms with Crippen molar-refractivity contribution in [2.45, 2.75) is 57.7 Å². The molecule has 0 saturated heterocycles. The number of para-hydroxylation sites is 1. The second-order valence-electron chi connectivity index (χ2n) is 6.15. The van der Waals surface area contributed by atoms with Gasteiger partial charge in [0, 0.05) is 11.4 Å². The van der Waals surface area contributed by atoms with Gasteiger partial charge >= 0.3 is 0 Å². The predicted molar refractivity (Wildman–Crippen MR) is 87.2 cm³/mol. The number of hydrogen-bond donors (Lipinski definition) is 2. The third-order valence-corrected chi connectivity index (χ3v) is 4.44. The Labute approximate surface area is 131 Å². The maximum absolute atomic E-state index is 9.59. The summed E-state index contributed by atoms with van der Waals surface area (Å²) in [4.78, 5) is 0. The van der Waals surface area contributed by atoms with Crippen LogP contribution in [0.4, 0.5) is 0 Å². The number of furan rings is 1. The summed E-state index contributed by atoms with van der Waals surface area (Å²) < 4.78 is 11.7. The standard InChI is InChI=1S/C18H25NO3/c1-3-21-16-6-4-5-13-11-17(22-18(13)16)12(2)19-14-7-9-15(20)10-8-14/h4-6,11-12,14-15,19-20H,3,7-10H2,1-2H3/t12-,14?,15?/m1/s1. The molecule has 1 saturated carbocycles. The van der Waals surface area contributed by atoms with E-state index in [1.165, 1.54) is 0 Å². The molecular weight excluding hydrogens is 278 g/mol. The zero-order valence-corrected chi connectivity index (χ0v) is 13.3. The summed E-state index contributed by atoms with van der Waals surface area (Å²) in [6.07, 6.45) is 3.71. The Morgan fingerprint density at radius 3 is 2.82 bits per heavy atom. The first kappa shape index (κ1) is 15.4. The van der Waals surface area contributed by atoms with Gasteiger partial charge < -0.3 is 19.6 Å². The highest BCUT2D eigenvalue weighted by atomic mass is 16.5. The van der Waals surface area contributed by atoms with Crippen LogP contribution in [0.25, 0.3) is 11.0 Å². The van der Waals surface area contributed by atoms with Gasteiger partial charge in [0.1, 0.15) is 5.76 Å². The Balaban J connectivity index is 1.73. The van der Waals surface area contributed by atoms with E-state index in [4.69, 9.17) is 9.15 Å². The van der Waals surface area contributed by atoms with Crippen LogP contribution >= 0.6 is 0 Å². The molecule has 2 aromatic rings. The van der Waals surface area contributed by atoms with Crippen molar-refractivity contribution in [3.63, 3.8) is 0 Å². The molecule has 0 bridgehead atoms. The number of ether oxygens (including phenoxy) is 1. The molecule has 4 heteroatoms. The van der Waals surface area contributed by atoms with Crippen LogP contribution in [0, 0.1) is 0 Å². The fourth-order valence-corrected chi connectivity index (χ4v) is 3.22. The van der Waals surface area contributed by atoms with Crippen LogP contribution in [0.15, 0.2) is 28.7 Å². The monoisotopic (exact) mass is 303 g/mol. The van der Waals surface area contributed by atoms with Crippen molar-refractivity contribution in [1.29, 1.82) is 0 Å². The summed E-state index contributed by atoms with van der Waals surface area (Å²) in [5, 5.41) is 14.3. The first-order chi connectivity index (χ1) is 10.7. The number of rotatable bonds is 5. The third-order valence-electron chi connectivity index (χ3n) is 4.44. The van der Waals surface area contributed by atoms with Gasteiger partial charge in [0.2, 0.25) is 0 Å². The van der Waals surface area contributed by atoms with Crippen LogP contribution in [-0.2, 0) is 0 Å². The largest absolute Gasteiger partial charge is 0.490 e. The molecule has 0 unspecified atom stereocenters. The van der Waals surface area contributed by atoms with Crippen molar-refractivity contribution in [1.82, 2.24) is 5.32 Å². The fourth-order valence-electron chi connectivity index (χ4n) is 3.22. The molecule has 22 heavy (non-hydrogen) atoms. The Morgan fingerprint density at radius 2 is 2.09 bits per heavy atom. The van der Waals surface area contributed by atoms with Crippen LogP contribution in [0.1, 0.15) is 51.3 Å². The minimum atomic E-state index is -0.117. The second-order valence-corrected chi connectivity index (χ2v) is 6.15. The lowest BCUT2D eigenvalue weighted by atomic mass is 9.92. The topological polar surface area (TPSA) is 54.6 Å². The molecule has 0 aliphatic heterocycles. The zero-order valence-electron chi connectivity index (χ0n) is 13.3. The molecule has 1 aromatic heterocycles. The van der Waals surface area contributed by atoms with Crippen LogP contribution in [-0.4, -0.2) is 23.9 Å². The number of benzene rings is 1. The van der Waals surface area contributed by atoms with E-state index in [1.807, 2.05) is 19.1 Å². The van der Waals surface area contributed by atoms with Crippen molar-refractivity contribution in [2.75, 3.05) is 6.61 Å². The van der Waals surface area contributed by atoms with Crippen LogP contribution in [0.2, 0.25) is 0 Å². The molecule has 4 nitrogen and oxygen atoms in total. The Bertz CT molecular complexity index is 614. The summed E-state index contributed by atoms with van der Waals surface area (Å²) in [6, 6.07) is 8.69. The van der Waals surface area contributed by atoms with Crippen molar-refractivity contribution in [3.8, 4) is 5.75 Å². The van der Waals surface area contributed by atoms with Crippen LogP contribution in [0.3, 0.4) is 0 Å². The minimum absolute atomic E-state index is 0.117. The molecule has 0 spiro atoms. The summed E-state index contributed by atoms with van der Waals surface area (Å²) in [5.74, 6) is 1.74. The molecule has 3 rings (SSSR count). The second kappa shape index (κ2) is 6.71. The molecule has 1 aliphatic rings. The highest BCUT2D eigenvalue weighted by Gasteiger charge is 2.22. The van der Waals surface area contributed by atoms with E-state index >= 15 is 0 Å². The van der Waals surface area contributed by atoms with E-state index in [0.717, 1.165) is 48.2 Å². The van der Waals surface area contributed by atoms with Gasteiger partial charge in [0.05, 0.1) is 18.8 Å². The van der Waals surface area contributed by atoms with E-state index in [9.17, 15) is 5.11 Å². The zero-order chi connectivity index (χ0) is 15.5. The van der Waals surface area contributed by atoms with E-state index in [2.05, 4.69) is 24.4 Å². The lowest BCUT2D eigenvalue weighted by Gasteiger charge is -2.28. The lowest BCUT2D eigenvalue weighted by Crippen LogP contribution is -2.36. The SMILES string of the molecule is CCOc1cccc2cc([C@@H](C)NC3CCC(O)CC3)oc12. The van der Waals surface area contributed by atoms with E-state index in [0.29, 0.717) is 12.6 Å². The fraction of sp³-hybridized carbons (Fsp3) is 0.556. The normalized spacial score (nSPS) is 23.6. The maximum atomic E-state index is 9.59. The number of aliphatic hydroxyl groups is 1. The Morgan fingerprint density at radius 1 is 1.32 bits per heavy atom. The van der Waals surface area contributed by atoms with E-state index in [1.54, 1.807) is 0 Å². The molecular formula is C18H25NO3. The predicted octanol–water partition coefficient (Wildman–Crippen LogP) is 3.79. The quantitative estimate of drug-likeness (QED) is 0.882. The lowest BCUT2D eigenvalue weighted by molar-refractivity contribution is 0.114. The third kappa shape index (κ3) is 3.28. The van der Waals surface area contributed by atoms with Gasteiger partial charge in [-0.1, -0.05) is 12.1 Å². The molecule has 1 atom stereocenters. The number of hydrogen-bond acceptors (Lipinski definition) is 4. The van der Waals surface area contributed by atoms with Crippen LogP contribution in [0.5, 0.6) is 5.75 Å². The van der Waals surface area contributed by atoms with Gasteiger partial charge in [0.25, 0.3) is 0 Å². The molecule has 0 amide bonds. The van der Waals surface area contributed by atoms with Crippen molar-refractivity contribution in [3.05, 3.63) is 30.0 Å². The molecule has 1 heterocycles. The summed E-state index contributed by atoms with van der Waals surface area (Å²) >= 11 is 0. The number of aliphatic hydroxyl groups excluding tert-OH is 1. The van der Waals surface area contributed by atoms with Crippen molar-refractivity contribution in [2.24, 2.45) is 0 Å². The number of fused-ring (bicyclic) bond motifs is 1.